The summed E-state index contributed by atoms with van der Waals surface area (Å²) in [5, 5.41) is 0. The van der Waals surface area contributed by atoms with Crippen LogP contribution in [0.4, 0.5) is 11.4 Å². The van der Waals surface area contributed by atoms with E-state index in [2.05, 4.69) is 10.9 Å². The monoisotopic (exact) mass is 433 g/mol. The van der Waals surface area contributed by atoms with Crippen LogP contribution < -0.4 is 20.5 Å². The van der Waals surface area contributed by atoms with E-state index in [1.54, 1.807) is 24.3 Å². The average Bonchev–Trinajstić information content (AvgIpc) is 2.84. The van der Waals surface area contributed by atoms with Crippen molar-refractivity contribution in [3.63, 3.8) is 0 Å². The Hall–Kier alpha value is -4.17. The van der Waals surface area contributed by atoms with Gasteiger partial charge in [-0.3, -0.25) is 30.1 Å². The third-order valence-corrected chi connectivity index (χ3v) is 4.40. The van der Waals surface area contributed by atoms with E-state index in [-0.39, 0.29) is 12.5 Å². The van der Waals surface area contributed by atoms with Crippen LogP contribution in [0.1, 0.15) is 10.4 Å². The lowest BCUT2D eigenvalue weighted by molar-refractivity contribution is -0.129. The number of carbonyl (C=O) groups is 3. The van der Waals surface area contributed by atoms with Crippen LogP contribution in [0.25, 0.3) is 0 Å². The molecule has 0 atom stereocenters. The van der Waals surface area contributed by atoms with Gasteiger partial charge >= 0.3 is 0 Å². The molecule has 3 aromatic rings. The summed E-state index contributed by atoms with van der Waals surface area (Å²) in [6.07, 6.45) is 0. The van der Waals surface area contributed by atoms with Crippen LogP contribution >= 0.6 is 0 Å². The minimum atomic E-state index is -0.592. The molecule has 0 aliphatic heterocycles. The molecule has 0 spiro atoms. The first-order valence-corrected chi connectivity index (χ1v) is 9.82. The second-order valence-corrected chi connectivity index (χ2v) is 6.62. The van der Waals surface area contributed by atoms with Crippen molar-refractivity contribution in [2.75, 3.05) is 25.2 Å². The molecule has 0 aromatic heterocycles. The molecule has 0 fully saturated rings. The fourth-order valence-corrected chi connectivity index (χ4v) is 2.86. The van der Waals surface area contributed by atoms with Gasteiger partial charge in [0.1, 0.15) is 19.0 Å². The standard InChI is InChI=1S/C24H23N3O5/c1-31-21-14-12-18(13-15-21)24(30)26-25-22(28)16-32-17-23(29)27(19-8-4-2-5-9-19)20-10-6-3-7-11-20/h2-15H,16-17H2,1H3,(H,25,28)(H,26,30). The van der Waals surface area contributed by atoms with Crippen LogP contribution in [-0.4, -0.2) is 38.0 Å². The van der Waals surface area contributed by atoms with Crippen molar-refractivity contribution >= 4 is 29.1 Å². The molecule has 0 unspecified atom stereocenters. The molecule has 0 saturated heterocycles. The molecular weight excluding hydrogens is 410 g/mol. The molecule has 164 valence electrons. The largest absolute Gasteiger partial charge is 0.497 e. The molecule has 0 aliphatic carbocycles. The molecule has 0 radical (unpaired) electrons. The Bertz CT molecular complexity index is 1000. The van der Waals surface area contributed by atoms with Gasteiger partial charge in [-0.05, 0) is 48.5 Å². The maximum absolute atomic E-state index is 12.8. The molecule has 32 heavy (non-hydrogen) atoms. The summed E-state index contributed by atoms with van der Waals surface area (Å²) in [5.74, 6) is -0.803. The zero-order valence-electron chi connectivity index (χ0n) is 17.5. The SMILES string of the molecule is COc1ccc(C(=O)NNC(=O)COCC(=O)N(c2ccccc2)c2ccccc2)cc1. The van der Waals surface area contributed by atoms with Crippen LogP contribution in [0.2, 0.25) is 0 Å². The van der Waals surface area contributed by atoms with Gasteiger partial charge in [0.25, 0.3) is 17.7 Å². The van der Waals surface area contributed by atoms with Crippen LogP contribution in [0, 0.1) is 0 Å². The fraction of sp³-hybridized carbons (Fsp3) is 0.125. The summed E-state index contributed by atoms with van der Waals surface area (Å²) in [6.45, 7) is -0.713. The summed E-state index contributed by atoms with van der Waals surface area (Å²) in [7, 11) is 1.53. The molecule has 8 heteroatoms. The third-order valence-electron chi connectivity index (χ3n) is 4.40. The minimum Gasteiger partial charge on any atom is -0.497 e. The van der Waals surface area contributed by atoms with Crippen LogP contribution in [-0.2, 0) is 14.3 Å². The van der Waals surface area contributed by atoms with Crippen molar-refractivity contribution in [3.8, 4) is 5.75 Å². The normalized spacial score (nSPS) is 10.2. The van der Waals surface area contributed by atoms with E-state index in [0.29, 0.717) is 22.7 Å². The smallest absolute Gasteiger partial charge is 0.269 e. The lowest BCUT2D eigenvalue weighted by Crippen LogP contribution is -2.43. The van der Waals surface area contributed by atoms with Crippen molar-refractivity contribution in [2.45, 2.75) is 0 Å². The van der Waals surface area contributed by atoms with E-state index in [4.69, 9.17) is 9.47 Å². The molecule has 3 rings (SSSR count). The Morgan fingerprint density at radius 3 is 1.84 bits per heavy atom. The Balaban J connectivity index is 1.50. The van der Waals surface area contributed by atoms with Crippen molar-refractivity contribution in [3.05, 3.63) is 90.5 Å². The van der Waals surface area contributed by atoms with Crippen molar-refractivity contribution < 1.29 is 23.9 Å². The first kappa shape index (κ1) is 22.5. The molecule has 3 aromatic carbocycles. The third kappa shape index (κ3) is 6.16. The molecule has 0 aliphatic rings. The highest BCUT2D eigenvalue weighted by atomic mass is 16.5. The highest BCUT2D eigenvalue weighted by molar-refractivity contribution is 6.01. The van der Waals surface area contributed by atoms with Gasteiger partial charge in [0.15, 0.2) is 0 Å². The minimum absolute atomic E-state index is 0.316. The topological polar surface area (TPSA) is 97.0 Å². The molecule has 0 heterocycles. The Morgan fingerprint density at radius 1 is 0.750 bits per heavy atom. The zero-order valence-corrected chi connectivity index (χ0v) is 17.5. The van der Waals surface area contributed by atoms with Crippen molar-refractivity contribution in [1.82, 2.24) is 10.9 Å². The predicted octanol–water partition coefficient (Wildman–Crippen LogP) is 2.84. The second kappa shape index (κ2) is 11.3. The highest BCUT2D eigenvalue weighted by Gasteiger charge is 2.18. The molecule has 2 N–H and O–H groups in total. The maximum Gasteiger partial charge on any atom is 0.269 e. The number of nitrogens with zero attached hydrogens (tertiary/aromatic N) is 1. The van der Waals surface area contributed by atoms with Crippen LogP contribution in [0.5, 0.6) is 5.75 Å². The van der Waals surface area contributed by atoms with Gasteiger partial charge in [-0.2, -0.15) is 0 Å². The lowest BCUT2D eigenvalue weighted by atomic mass is 10.2. The van der Waals surface area contributed by atoms with Gasteiger partial charge in [0.05, 0.1) is 7.11 Å². The number of anilines is 2. The predicted molar refractivity (Wildman–Crippen MR) is 119 cm³/mol. The summed E-state index contributed by atoms with van der Waals surface area (Å²) < 4.78 is 10.3. The molecule has 8 nitrogen and oxygen atoms in total. The number of amides is 3. The quantitative estimate of drug-likeness (QED) is 0.533. The first-order chi connectivity index (χ1) is 15.6. The number of para-hydroxylation sites is 2. The van der Waals surface area contributed by atoms with Gasteiger partial charge in [0.2, 0.25) is 0 Å². The van der Waals surface area contributed by atoms with Gasteiger partial charge in [0, 0.05) is 16.9 Å². The number of hydrogen-bond acceptors (Lipinski definition) is 5. The number of nitrogens with one attached hydrogen (secondary N) is 2. The molecular formula is C24H23N3O5. The summed E-state index contributed by atoms with van der Waals surface area (Å²) in [6, 6.07) is 24.7. The molecule has 0 saturated carbocycles. The fourth-order valence-electron chi connectivity index (χ4n) is 2.86. The number of ether oxygens (including phenoxy) is 2. The zero-order chi connectivity index (χ0) is 22.8. The first-order valence-electron chi connectivity index (χ1n) is 9.82. The molecule has 3 amide bonds. The Labute approximate surface area is 185 Å². The lowest BCUT2D eigenvalue weighted by Gasteiger charge is -2.23. The van der Waals surface area contributed by atoms with Crippen molar-refractivity contribution in [2.24, 2.45) is 0 Å². The van der Waals surface area contributed by atoms with E-state index >= 15 is 0 Å². The number of hydrogen-bond donors (Lipinski definition) is 2. The number of methoxy groups -OCH3 is 1. The Morgan fingerprint density at radius 2 is 1.31 bits per heavy atom. The van der Waals surface area contributed by atoms with E-state index in [0.717, 1.165) is 0 Å². The average molecular weight is 433 g/mol. The number of carbonyl (C=O) groups excluding carboxylic acids is 3. The number of rotatable bonds is 8. The van der Waals surface area contributed by atoms with Crippen LogP contribution in [0.15, 0.2) is 84.9 Å². The van der Waals surface area contributed by atoms with E-state index in [9.17, 15) is 14.4 Å². The highest BCUT2D eigenvalue weighted by Crippen LogP contribution is 2.25. The van der Waals surface area contributed by atoms with E-state index in [1.807, 2.05) is 60.7 Å². The summed E-state index contributed by atoms with van der Waals surface area (Å²) in [5.41, 5.74) is 6.27. The van der Waals surface area contributed by atoms with E-state index < -0.39 is 18.4 Å². The van der Waals surface area contributed by atoms with Gasteiger partial charge in [-0.1, -0.05) is 36.4 Å². The van der Waals surface area contributed by atoms with Gasteiger partial charge < -0.3 is 9.47 Å². The Kier molecular flexibility index (Phi) is 7.94. The second-order valence-electron chi connectivity index (χ2n) is 6.62. The van der Waals surface area contributed by atoms with E-state index in [1.165, 1.54) is 12.0 Å². The van der Waals surface area contributed by atoms with Crippen LogP contribution in [0.3, 0.4) is 0 Å². The van der Waals surface area contributed by atoms with Gasteiger partial charge in [-0.15, -0.1) is 0 Å². The molecule has 0 bridgehead atoms. The number of benzene rings is 3. The summed E-state index contributed by atoms with van der Waals surface area (Å²) in [4.78, 5) is 38.4. The summed E-state index contributed by atoms with van der Waals surface area (Å²) >= 11 is 0. The maximum atomic E-state index is 12.8. The number of hydrazine groups is 1. The van der Waals surface area contributed by atoms with Gasteiger partial charge in [-0.25, -0.2) is 0 Å². The van der Waals surface area contributed by atoms with Crippen molar-refractivity contribution in [1.29, 1.82) is 0 Å².